The lowest BCUT2D eigenvalue weighted by atomic mass is 9.95. The molecule has 2 aromatic heterocycles. The van der Waals surface area contributed by atoms with E-state index >= 15 is 0 Å². The predicted octanol–water partition coefficient (Wildman–Crippen LogP) is 3.61. The number of benzene rings is 1. The maximum Gasteiger partial charge on any atom is 0.274 e. The van der Waals surface area contributed by atoms with Crippen LogP contribution in [0.3, 0.4) is 0 Å². The minimum Gasteiger partial charge on any atom is -0.335 e. The molecule has 0 radical (unpaired) electrons. The average molecular weight is 440 g/mol. The minimum absolute atomic E-state index is 0.0168. The van der Waals surface area contributed by atoms with E-state index in [2.05, 4.69) is 15.3 Å². The molecule has 6 nitrogen and oxygen atoms in total. The molecule has 1 fully saturated rings. The van der Waals surface area contributed by atoms with Gasteiger partial charge >= 0.3 is 0 Å². The lowest BCUT2D eigenvalue weighted by Crippen LogP contribution is -2.48. The fraction of sp³-hybridized carbons (Fsp3) is 0.435. The number of carbonyl (C=O) groups excluding carboxylic acids is 1. The first kappa shape index (κ1) is 20.3. The van der Waals surface area contributed by atoms with E-state index in [1.165, 1.54) is 12.1 Å². The third-order valence-corrected chi connectivity index (χ3v) is 6.99. The lowest BCUT2D eigenvalue weighted by Gasteiger charge is -2.34. The summed E-state index contributed by atoms with van der Waals surface area (Å²) in [4.78, 5) is 22.2. The highest BCUT2D eigenvalue weighted by atomic mass is 32.1. The molecule has 1 aliphatic carbocycles. The number of carbonyl (C=O) groups is 1. The zero-order valence-corrected chi connectivity index (χ0v) is 18.5. The second kappa shape index (κ2) is 8.51. The molecular formula is C23H26FN5OS. The zero-order chi connectivity index (χ0) is 21.4. The largest absolute Gasteiger partial charge is 0.335 e. The van der Waals surface area contributed by atoms with Crippen molar-refractivity contribution in [1.29, 1.82) is 0 Å². The molecule has 1 aromatic carbocycles. The maximum absolute atomic E-state index is 13.4. The first-order valence-corrected chi connectivity index (χ1v) is 11.8. The van der Waals surface area contributed by atoms with Crippen LogP contribution in [0.5, 0.6) is 0 Å². The molecule has 0 saturated carbocycles. The van der Waals surface area contributed by atoms with Crippen LogP contribution in [0.25, 0.3) is 5.69 Å². The predicted molar refractivity (Wildman–Crippen MR) is 118 cm³/mol. The van der Waals surface area contributed by atoms with Crippen molar-refractivity contribution in [2.24, 2.45) is 0 Å². The fourth-order valence-corrected chi connectivity index (χ4v) is 5.14. The Bertz CT molecular complexity index is 1080. The van der Waals surface area contributed by atoms with Gasteiger partial charge in [-0.05, 0) is 56.9 Å². The van der Waals surface area contributed by atoms with E-state index < -0.39 is 0 Å². The molecule has 8 heteroatoms. The number of hydrogen-bond donors (Lipinski definition) is 0. The van der Waals surface area contributed by atoms with Gasteiger partial charge in [-0.3, -0.25) is 9.69 Å². The molecular weight excluding hydrogens is 413 g/mol. The number of thiazole rings is 1. The van der Waals surface area contributed by atoms with Crippen molar-refractivity contribution in [2.45, 2.75) is 39.2 Å². The number of hydrogen-bond acceptors (Lipinski definition) is 5. The molecule has 1 saturated heterocycles. The van der Waals surface area contributed by atoms with Crippen molar-refractivity contribution in [1.82, 2.24) is 24.6 Å². The van der Waals surface area contributed by atoms with Gasteiger partial charge in [0.1, 0.15) is 5.82 Å². The van der Waals surface area contributed by atoms with Crippen LogP contribution in [0.15, 0.2) is 29.6 Å². The Kier molecular flexibility index (Phi) is 5.58. The van der Waals surface area contributed by atoms with Gasteiger partial charge in [0.05, 0.1) is 16.4 Å². The average Bonchev–Trinajstić information content (AvgIpc) is 3.38. The Hall–Kier alpha value is -2.58. The minimum atomic E-state index is -0.272. The van der Waals surface area contributed by atoms with Gasteiger partial charge in [-0.1, -0.05) is 0 Å². The topological polar surface area (TPSA) is 54.3 Å². The summed E-state index contributed by atoms with van der Waals surface area (Å²) in [7, 11) is 0. The Balaban J connectivity index is 1.33. The fourth-order valence-electron chi connectivity index (χ4n) is 4.54. The van der Waals surface area contributed by atoms with E-state index in [4.69, 9.17) is 5.10 Å². The van der Waals surface area contributed by atoms with E-state index in [0.717, 1.165) is 73.0 Å². The van der Waals surface area contributed by atoms with Gasteiger partial charge < -0.3 is 4.90 Å². The molecule has 3 heterocycles. The van der Waals surface area contributed by atoms with Crippen LogP contribution in [0.2, 0.25) is 0 Å². The van der Waals surface area contributed by atoms with E-state index in [9.17, 15) is 9.18 Å². The van der Waals surface area contributed by atoms with Crippen LogP contribution in [0.4, 0.5) is 4.39 Å². The van der Waals surface area contributed by atoms with Gasteiger partial charge in [0.15, 0.2) is 5.69 Å². The van der Waals surface area contributed by atoms with Crippen molar-refractivity contribution in [2.75, 3.05) is 26.2 Å². The van der Waals surface area contributed by atoms with Crippen LogP contribution in [0, 0.1) is 12.7 Å². The van der Waals surface area contributed by atoms with Crippen molar-refractivity contribution in [3.05, 3.63) is 63.1 Å². The number of nitrogens with zero attached hydrogens (tertiary/aromatic N) is 5. The summed E-state index contributed by atoms with van der Waals surface area (Å²) in [5, 5.41) is 7.94. The third kappa shape index (κ3) is 4.14. The maximum atomic E-state index is 13.4. The summed E-state index contributed by atoms with van der Waals surface area (Å²) in [5.74, 6) is -0.255. The van der Waals surface area contributed by atoms with Crippen LogP contribution in [0.1, 0.15) is 45.3 Å². The second-order valence-corrected chi connectivity index (χ2v) is 9.36. The highest BCUT2D eigenvalue weighted by Gasteiger charge is 2.30. The van der Waals surface area contributed by atoms with Gasteiger partial charge in [-0.25, -0.2) is 14.1 Å². The summed E-state index contributed by atoms with van der Waals surface area (Å²) in [6.45, 7) is 5.92. The lowest BCUT2D eigenvalue weighted by molar-refractivity contribution is 0.0620. The molecule has 0 bridgehead atoms. The molecule has 1 aliphatic heterocycles. The molecule has 0 spiro atoms. The number of aryl methyl sites for hydroxylation is 1. The number of piperazine rings is 1. The van der Waals surface area contributed by atoms with Gasteiger partial charge in [-0.2, -0.15) is 5.10 Å². The first-order chi connectivity index (χ1) is 15.1. The van der Waals surface area contributed by atoms with Crippen molar-refractivity contribution in [3.63, 3.8) is 0 Å². The van der Waals surface area contributed by atoms with Gasteiger partial charge in [0, 0.05) is 49.4 Å². The smallest absolute Gasteiger partial charge is 0.274 e. The Morgan fingerprint density at radius 3 is 2.55 bits per heavy atom. The van der Waals surface area contributed by atoms with Crippen LogP contribution in [-0.4, -0.2) is 56.7 Å². The molecule has 0 atom stereocenters. The molecule has 0 unspecified atom stereocenters. The molecule has 1 amide bonds. The van der Waals surface area contributed by atoms with Crippen LogP contribution < -0.4 is 0 Å². The van der Waals surface area contributed by atoms with E-state index in [1.54, 1.807) is 23.5 Å². The van der Waals surface area contributed by atoms with Crippen molar-refractivity contribution in [3.8, 4) is 5.69 Å². The normalized spacial score (nSPS) is 17.0. The third-order valence-electron chi connectivity index (χ3n) is 6.17. The first-order valence-electron chi connectivity index (χ1n) is 10.9. The number of amides is 1. The highest BCUT2D eigenvalue weighted by molar-refractivity contribution is 7.09. The highest BCUT2D eigenvalue weighted by Crippen LogP contribution is 2.28. The van der Waals surface area contributed by atoms with E-state index in [-0.39, 0.29) is 11.7 Å². The number of halogens is 1. The summed E-state index contributed by atoms with van der Waals surface area (Å²) in [5.41, 5.74) is 4.65. The molecule has 5 rings (SSSR count). The Morgan fingerprint density at radius 2 is 1.84 bits per heavy atom. The Morgan fingerprint density at radius 1 is 1.10 bits per heavy atom. The molecule has 3 aromatic rings. The number of rotatable bonds is 4. The number of aromatic nitrogens is 3. The molecule has 0 N–H and O–H groups in total. The van der Waals surface area contributed by atoms with E-state index in [1.807, 2.05) is 16.5 Å². The van der Waals surface area contributed by atoms with Gasteiger partial charge in [0.2, 0.25) is 0 Å². The quantitative estimate of drug-likeness (QED) is 0.623. The molecule has 162 valence electrons. The Labute approximate surface area is 185 Å². The second-order valence-electron chi connectivity index (χ2n) is 8.30. The van der Waals surface area contributed by atoms with Crippen molar-refractivity contribution >= 4 is 17.2 Å². The summed E-state index contributed by atoms with van der Waals surface area (Å²) in [6, 6.07) is 6.34. The van der Waals surface area contributed by atoms with Crippen LogP contribution >= 0.6 is 11.3 Å². The van der Waals surface area contributed by atoms with Crippen molar-refractivity contribution < 1.29 is 9.18 Å². The van der Waals surface area contributed by atoms with Gasteiger partial charge in [-0.15, -0.1) is 11.3 Å². The molecule has 31 heavy (non-hydrogen) atoms. The summed E-state index contributed by atoms with van der Waals surface area (Å²) in [6.07, 6.45) is 3.93. The van der Waals surface area contributed by atoms with Gasteiger partial charge in [0.25, 0.3) is 5.91 Å². The SMILES string of the molecule is Cc1nc(CN2CCN(C(=O)c3nn(-c4ccc(F)cc4)c4c3CCCC4)CC2)cs1. The standard InChI is InChI=1S/C23H26FN5OS/c1-16-25-18(15-31-16)14-27-10-12-28(13-11-27)23(30)22-20-4-2-3-5-21(20)29(26-22)19-8-6-17(24)7-9-19/h6-9,15H,2-5,10-14H2,1H3. The van der Waals surface area contributed by atoms with E-state index in [0.29, 0.717) is 18.8 Å². The number of fused-ring (bicyclic) bond motifs is 1. The summed E-state index contributed by atoms with van der Waals surface area (Å²) < 4.78 is 15.2. The monoisotopic (exact) mass is 439 g/mol. The molecule has 2 aliphatic rings. The summed E-state index contributed by atoms with van der Waals surface area (Å²) >= 11 is 1.68. The zero-order valence-electron chi connectivity index (χ0n) is 17.7. The van der Waals surface area contributed by atoms with Crippen LogP contribution in [-0.2, 0) is 19.4 Å².